The van der Waals surface area contributed by atoms with Crippen LogP contribution in [-0.2, 0) is 4.79 Å². The summed E-state index contributed by atoms with van der Waals surface area (Å²) in [5.74, 6) is 0.131. The summed E-state index contributed by atoms with van der Waals surface area (Å²) in [5.41, 5.74) is 0. The molecule has 1 aromatic rings. The van der Waals surface area contributed by atoms with Gasteiger partial charge in [-0.2, -0.15) is 0 Å². The largest absolute Gasteiger partial charge is 0.440 e. The maximum absolute atomic E-state index is 11.6. The molecule has 1 aliphatic heterocycles. The van der Waals surface area contributed by atoms with Gasteiger partial charge in [0, 0.05) is 26.1 Å². The van der Waals surface area contributed by atoms with Crippen LogP contribution in [0.2, 0.25) is 5.22 Å². The molecule has 98 valence electrons. The van der Waals surface area contributed by atoms with Crippen LogP contribution in [-0.4, -0.2) is 36.3 Å². The van der Waals surface area contributed by atoms with Crippen molar-refractivity contribution in [3.63, 3.8) is 0 Å². The first kappa shape index (κ1) is 13.0. The third-order valence-corrected chi connectivity index (χ3v) is 3.06. The third-order valence-electron chi connectivity index (χ3n) is 2.86. The monoisotopic (exact) mass is 270 g/mol. The van der Waals surface area contributed by atoms with Crippen LogP contribution in [0.15, 0.2) is 16.5 Å². The fraction of sp³-hybridized carbons (Fsp3) is 0.500. The summed E-state index contributed by atoms with van der Waals surface area (Å²) in [6.45, 7) is 2.04. The van der Waals surface area contributed by atoms with Gasteiger partial charge in [-0.05, 0) is 36.6 Å². The van der Waals surface area contributed by atoms with Gasteiger partial charge < -0.3 is 14.6 Å². The Morgan fingerprint density at radius 1 is 1.50 bits per heavy atom. The average molecular weight is 271 g/mol. The number of amides is 2. The van der Waals surface area contributed by atoms with Crippen molar-refractivity contribution in [1.82, 2.24) is 10.2 Å². The van der Waals surface area contributed by atoms with E-state index in [-0.39, 0.29) is 22.8 Å². The van der Waals surface area contributed by atoms with E-state index < -0.39 is 0 Å². The maximum atomic E-state index is 11.6. The first-order valence-electron chi connectivity index (χ1n) is 5.98. The molecule has 0 atom stereocenters. The lowest BCUT2D eigenvalue weighted by atomic mass is 10.3. The molecule has 1 saturated heterocycles. The molecular formula is C12H15ClN2O3. The Balaban J connectivity index is 1.66. The molecule has 0 bridgehead atoms. The molecule has 18 heavy (non-hydrogen) atoms. The molecule has 0 aliphatic carbocycles. The van der Waals surface area contributed by atoms with E-state index in [0.29, 0.717) is 19.5 Å². The van der Waals surface area contributed by atoms with Crippen molar-refractivity contribution in [3.05, 3.63) is 23.1 Å². The van der Waals surface area contributed by atoms with Crippen molar-refractivity contribution in [2.24, 2.45) is 0 Å². The molecule has 6 heteroatoms. The standard InChI is InChI=1S/C12H15ClN2O3/c13-10-5-4-9(18-10)12(17)14-6-2-8-15-7-1-3-11(15)16/h4-5H,1-3,6-8H2,(H,14,17). The number of likely N-dealkylation sites (tertiary alicyclic amines) is 1. The quantitative estimate of drug-likeness (QED) is 0.828. The van der Waals surface area contributed by atoms with Crippen LogP contribution in [0.1, 0.15) is 29.8 Å². The molecule has 0 unspecified atom stereocenters. The average Bonchev–Trinajstić information content (AvgIpc) is 2.94. The van der Waals surface area contributed by atoms with Crippen molar-refractivity contribution in [1.29, 1.82) is 0 Å². The summed E-state index contributed by atoms with van der Waals surface area (Å²) < 4.78 is 4.98. The lowest BCUT2D eigenvalue weighted by Gasteiger charge is -2.14. The highest BCUT2D eigenvalue weighted by molar-refractivity contribution is 6.29. The van der Waals surface area contributed by atoms with Gasteiger partial charge in [0.1, 0.15) is 0 Å². The number of nitrogens with one attached hydrogen (secondary N) is 1. The molecule has 2 rings (SSSR count). The Bertz CT molecular complexity index is 444. The fourth-order valence-electron chi connectivity index (χ4n) is 1.94. The number of rotatable bonds is 5. The number of carbonyl (C=O) groups excluding carboxylic acids is 2. The Kier molecular flexibility index (Phi) is 4.25. The minimum Gasteiger partial charge on any atom is -0.440 e. The van der Waals surface area contributed by atoms with Crippen LogP contribution < -0.4 is 5.32 Å². The minimum absolute atomic E-state index is 0.197. The second-order valence-corrected chi connectivity index (χ2v) is 4.57. The highest BCUT2D eigenvalue weighted by Gasteiger charge is 2.19. The molecule has 0 aromatic carbocycles. The Hall–Kier alpha value is -1.49. The van der Waals surface area contributed by atoms with Gasteiger partial charge in [0.2, 0.25) is 5.91 Å². The van der Waals surface area contributed by atoms with Crippen LogP contribution >= 0.6 is 11.6 Å². The number of hydrogen-bond acceptors (Lipinski definition) is 3. The molecule has 0 spiro atoms. The lowest BCUT2D eigenvalue weighted by molar-refractivity contribution is -0.127. The summed E-state index contributed by atoms with van der Waals surface area (Å²) in [6, 6.07) is 3.06. The van der Waals surface area contributed by atoms with Gasteiger partial charge in [0.15, 0.2) is 11.0 Å². The molecule has 1 aromatic heterocycles. The number of carbonyl (C=O) groups is 2. The van der Waals surface area contributed by atoms with Crippen molar-refractivity contribution < 1.29 is 14.0 Å². The van der Waals surface area contributed by atoms with E-state index in [1.54, 1.807) is 0 Å². The summed E-state index contributed by atoms with van der Waals surface area (Å²) in [7, 11) is 0. The summed E-state index contributed by atoms with van der Waals surface area (Å²) >= 11 is 5.58. The predicted octanol–water partition coefficient (Wildman–Crippen LogP) is 1.68. The van der Waals surface area contributed by atoms with Crippen LogP contribution in [0.3, 0.4) is 0 Å². The van der Waals surface area contributed by atoms with E-state index in [1.807, 2.05) is 4.90 Å². The van der Waals surface area contributed by atoms with Gasteiger partial charge in [-0.1, -0.05) is 0 Å². The maximum Gasteiger partial charge on any atom is 0.287 e. The van der Waals surface area contributed by atoms with Crippen LogP contribution in [0.4, 0.5) is 0 Å². The zero-order chi connectivity index (χ0) is 13.0. The van der Waals surface area contributed by atoms with Gasteiger partial charge in [-0.15, -0.1) is 0 Å². The zero-order valence-electron chi connectivity index (χ0n) is 9.95. The number of halogens is 1. The van der Waals surface area contributed by atoms with E-state index in [2.05, 4.69) is 5.32 Å². The molecular weight excluding hydrogens is 256 g/mol. The van der Waals surface area contributed by atoms with E-state index in [4.69, 9.17) is 16.0 Å². The molecule has 5 nitrogen and oxygen atoms in total. The van der Waals surface area contributed by atoms with E-state index in [1.165, 1.54) is 12.1 Å². The number of furan rings is 1. The highest BCUT2D eigenvalue weighted by Crippen LogP contribution is 2.13. The van der Waals surface area contributed by atoms with Crippen LogP contribution in [0, 0.1) is 0 Å². The highest BCUT2D eigenvalue weighted by atomic mass is 35.5. The van der Waals surface area contributed by atoms with Crippen molar-refractivity contribution in [2.75, 3.05) is 19.6 Å². The molecule has 0 radical (unpaired) electrons. The molecule has 0 saturated carbocycles. The van der Waals surface area contributed by atoms with Crippen molar-refractivity contribution in [3.8, 4) is 0 Å². The second-order valence-electron chi connectivity index (χ2n) is 4.20. The first-order chi connectivity index (χ1) is 8.66. The molecule has 2 heterocycles. The molecule has 1 aliphatic rings. The fourth-order valence-corrected chi connectivity index (χ4v) is 2.08. The molecule has 1 fully saturated rings. The predicted molar refractivity (Wildman–Crippen MR) is 66.5 cm³/mol. The minimum atomic E-state index is -0.283. The van der Waals surface area contributed by atoms with E-state index in [0.717, 1.165) is 19.4 Å². The van der Waals surface area contributed by atoms with Crippen LogP contribution in [0.5, 0.6) is 0 Å². The molecule has 2 amide bonds. The Morgan fingerprint density at radius 2 is 2.33 bits per heavy atom. The van der Waals surface area contributed by atoms with Gasteiger partial charge in [-0.25, -0.2) is 0 Å². The van der Waals surface area contributed by atoms with Gasteiger partial charge >= 0.3 is 0 Å². The van der Waals surface area contributed by atoms with Gasteiger partial charge in [0.25, 0.3) is 5.91 Å². The third kappa shape index (κ3) is 3.26. The van der Waals surface area contributed by atoms with E-state index >= 15 is 0 Å². The number of hydrogen-bond donors (Lipinski definition) is 1. The summed E-state index contributed by atoms with van der Waals surface area (Å²) in [6.07, 6.45) is 2.33. The second kappa shape index (κ2) is 5.91. The zero-order valence-corrected chi connectivity index (χ0v) is 10.7. The normalized spacial score (nSPS) is 15.2. The molecule has 1 N–H and O–H groups in total. The Labute approximate surface area is 110 Å². The van der Waals surface area contributed by atoms with Gasteiger partial charge in [-0.3, -0.25) is 9.59 Å². The summed E-state index contributed by atoms with van der Waals surface area (Å²) in [4.78, 5) is 24.7. The van der Waals surface area contributed by atoms with Gasteiger partial charge in [0.05, 0.1) is 0 Å². The SMILES string of the molecule is O=C(NCCCN1CCCC1=O)c1ccc(Cl)o1. The summed E-state index contributed by atoms with van der Waals surface area (Å²) in [5, 5.41) is 2.92. The topological polar surface area (TPSA) is 62.6 Å². The van der Waals surface area contributed by atoms with E-state index in [9.17, 15) is 9.59 Å². The first-order valence-corrected chi connectivity index (χ1v) is 6.36. The van der Waals surface area contributed by atoms with Crippen LogP contribution in [0.25, 0.3) is 0 Å². The Morgan fingerprint density at radius 3 is 2.94 bits per heavy atom. The smallest absolute Gasteiger partial charge is 0.287 e. The van der Waals surface area contributed by atoms with Crippen molar-refractivity contribution >= 4 is 23.4 Å². The van der Waals surface area contributed by atoms with Crippen molar-refractivity contribution in [2.45, 2.75) is 19.3 Å². The number of nitrogens with zero attached hydrogens (tertiary/aromatic N) is 1. The lowest BCUT2D eigenvalue weighted by Crippen LogP contribution is -2.30.